The molecule has 0 aliphatic heterocycles. The van der Waals surface area contributed by atoms with Crippen LogP contribution in [0, 0.1) is 6.92 Å². The van der Waals surface area contributed by atoms with E-state index in [1.54, 1.807) is 12.1 Å². The SMILES string of the molecule is CCN(CC)CCCNC(=S)NNC(=O)c1ccc(COc2cc(C)ccc2Cl)cc1. The van der Waals surface area contributed by atoms with Crippen LogP contribution in [-0.2, 0) is 6.61 Å². The fourth-order valence-electron chi connectivity index (χ4n) is 2.91. The van der Waals surface area contributed by atoms with Crippen molar-refractivity contribution in [1.29, 1.82) is 0 Å². The molecule has 0 radical (unpaired) electrons. The van der Waals surface area contributed by atoms with Crippen LogP contribution < -0.4 is 20.9 Å². The topological polar surface area (TPSA) is 65.6 Å². The Kier molecular flexibility index (Phi) is 10.6. The monoisotopic (exact) mass is 462 g/mol. The molecule has 6 nitrogen and oxygen atoms in total. The summed E-state index contributed by atoms with van der Waals surface area (Å²) < 4.78 is 5.79. The Labute approximate surface area is 195 Å². The van der Waals surface area contributed by atoms with Crippen LogP contribution in [0.4, 0.5) is 0 Å². The molecule has 0 aromatic heterocycles. The molecule has 0 saturated heterocycles. The van der Waals surface area contributed by atoms with Gasteiger partial charge in [0.15, 0.2) is 5.11 Å². The quantitative estimate of drug-likeness (QED) is 0.281. The van der Waals surface area contributed by atoms with Gasteiger partial charge in [0.25, 0.3) is 5.91 Å². The molecule has 0 bridgehead atoms. The number of aryl methyl sites for hydroxylation is 1. The highest BCUT2D eigenvalue weighted by molar-refractivity contribution is 7.80. The molecule has 168 valence electrons. The molecule has 0 unspecified atom stereocenters. The van der Waals surface area contributed by atoms with Gasteiger partial charge < -0.3 is 15.0 Å². The van der Waals surface area contributed by atoms with Gasteiger partial charge in [-0.3, -0.25) is 15.6 Å². The molecule has 0 saturated carbocycles. The average Bonchev–Trinajstić information content (AvgIpc) is 2.78. The lowest BCUT2D eigenvalue weighted by Gasteiger charge is -2.18. The van der Waals surface area contributed by atoms with Crippen molar-refractivity contribution in [2.24, 2.45) is 0 Å². The van der Waals surface area contributed by atoms with Crippen molar-refractivity contribution in [3.05, 3.63) is 64.2 Å². The van der Waals surface area contributed by atoms with Crippen molar-refractivity contribution >= 4 is 34.8 Å². The molecule has 2 aromatic carbocycles. The zero-order valence-electron chi connectivity index (χ0n) is 18.3. The molecule has 0 spiro atoms. The largest absolute Gasteiger partial charge is 0.487 e. The minimum atomic E-state index is -0.263. The Bertz CT molecular complexity index is 857. The molecule has 3 N–H and O–H groups in total. The van der Waals surface area contributed by atoms with Crippen LogP contribution in [0.2, 0.25) is 5.02 Å². The first-order chi connectivity index (χ1) is 14.9. The maximum Gasteiger partial charge on any atom is 0.269 e. The van der Waals surface area contributed by atoms with E-state index in [2.05, 4.69) is 34.9 Å². The normalized spacial score (nSPS) is 10.6. The van der Waals surface area contributed by atoms with E-state index in [4.69, 9.17) is 28.6 Å². The number of halogens is 1. The summed E-state index contributed by atoms with van der Waals surface area (Å²) >= 11 is 11.4. The lowest BCUT2D eigenvalue weighted by molar-refractivity contribution is 0.0943. The number of hydrogen-bond acceptors (Lipinski definition) is 4. The van der Waals surface area contributed by atoms with Gasteiger partial charge in [0, 0.05) is 12.1 Å². The Morgan fingerprint density at radius 2 is 1.81 bits per heavy atom. The maximum absolute atomic E-state index is 12.3. The lowest BCUT2D eigenvalue weighted by atomic mass is 10.1. The van der Waals surface area contributed by atoms with Crippen LogP contribution in [0.5, 0.6) is 5.75 Å². The maximum atomic E-state index is 12.3. The fourth-order valence-corrected chi connectivity index (χ4v) is 3.23. The van der Waals surface area contributed by atoms with Crippen LogP contribution in [0.15, 0.2) is 42.5 Å². The van der Waals surface area contributed by atoms with Crippen molar-refractivity contribution in [2.45, 2.75) is 33.8 Å². The number of hydrogen-bond donors (Lipinski definition) is 3. The lowest BCUT2D eigenvalue weighted by Crippen LogP contribution is -2.47. The van der Waals surface area contributed by atoms with Gasteiger partial charge in [0.05, 0.1) is 5.02 Å². The molecule has 8 heteroatoms. The zero-order valence-corrected chi connectivity index (χ0v) is 19.9. The van der Waals surface area contributed by atoms with Gasteiger partial charge in [-0.15, -0.1) is 0 Å². The van der Waals surface area contributed by atoms with Gasteiger partial charge in [-0.2, -0.15) is 0 Å². The summed E-state index contributed by atoms with van der Waals surface area (Å²) in [4.78, 5) is 14.7. The first kappa shape index (κ1) is 24.9. The Morgan fingerprint density at radius 1 is 1.10 bits per heavy atom. The van der Waals surface area contributed by atoms with Crippen molar-refractivity contribution < 1.29 is 9.53 Å². The van der Waals surface area contributed by atoms with E-state index in [1.165, 1.54) is 0 Å². The molecule has 1 amide bonds. The van der Waals surface area contributed by atoms with E-state index in [0.29, 0.717) is 28.1 Å². The molecule has 0 aliphatic carbocycles. The highest BCUT2D eigenvalue weighted by Gasteiger charge is 2.07. The standard InChI is InChI=1S/C23H31ClN4O2S/c1-4-28(5-2)14-6-13-25-23(31)27-26-22(29)19-10-8-18(9-11-19)16-30-21-15-17(3)7-12-20(21)24/h7-12,15H,4-6,13-14,16H2,1-3H3,(H,26,29)(H2,25,27,31). The van der Waals surface area contributed by atoms with Crippen molar-refractivity contribution in [3.8, 4) is 5.75 Å². The van der Waals surface area contributed by atoms with E-state index in [-0.39, 0.29) is 5.91 Å². The summed E-state index contributed by atoms with van der Waals surface area (Å²) in [6.45, 7) is 10.5. The zero-order chi connectivity index (χ0) is 22.6. The van der Waals surface area contributed by atoms with Gasteiger partial charge >= 0.3 is 0 Å². The van der Waals surface area contributed by atoms with Gasteiger partial charge in [-0.25, -0.2) is 0 Å². The van der Waals surface area contributed by atoms with Gasteiger partial charge in [0.1, 0.15) is 12.4 Å². The minimum Gasteiger partial charge on any atom is -0.487 e. The summed E-state index contributed by atoms with van der Waals surface area (Å²) in [7, 11) is 0. The van der Waals surface area contributed by atoms with Crippen LogP contribution in [0.3, 0.4) is 0 Å². The van der Waals surface area contributed by atoms with Crippen molar-refractivity contribution in [2.75, 3.05) is 26.2 Å². The molecule has 2 aromatic rings. The average molecular weight is 463 g/mol. The number of ether oxygens (including phenoxy) is 1. The number of nitrogens with one attached hydrogen (secondary N) is 3. The van der Waals surface area contributed by atoms with Crippen molar-refractivity contribution in [3.63, 3.8) is 0 Å². The first-order valence-corrected chi connectivity index (χ1v) is 11.3. The van der Waals surface area contributed by atoms with E-state index >= 15 is 0 Å². The second-order valence-electron chi connectivity index (χ2n) is 7.13. The number of nitrogens with zero attached hydrogens (tertiary/aromatic N) is 1. The summed E-state index contributed by atoms with van der Waals surface area (Å²) in [6.07, 6.45) is 0.981. The molecule has 0 aliphatic rings. The van der Waals surface area contributed by atoms with Gasteiger partial charge in [-0.05, 0) is 80.6 Å². The number of amides is 1. The summed E-state index contributed by atoms with van der Waals surface area (Å²) in [6, 6.07) is 12.8. The van der Waals surface area contributed by atoms with Gasteiger partial charge in [-0.1, -0.05) is 43.6 Å². The number of carbonyl (C=O) groups is 1. The fraction of sp³-hybridized carbons (Fsp3) is 0.391. The minimum absolute atomic E-state index is 0.263. The molecular formula is C23H31ClN4O2S. The predicted molar refractivity (Wildman–Crippen MR) is 131 cm³/mol. The number of carbonyl (C=O) groups excluding carboxylic acids is 1. The summed E-state index contributed by atoms with van der Waals surface area (Å²) in [5.41, 5.74) is 7.89. The highest BCUT2D eigenvalue weighted by atomic mass is 35.5. The van der Waals surface area contributed by atoms with E-state index in [9.17, 15) is 4.79 Å². The third-order valence-corrected chi connectivity index (χ3v) is 5.38. The van der Waals surface area contributed by atoms with Crippen LogP contribution in [0.25, 0.3) is 0 Å². The predicted octanol–water partition coefficient (Wildman–Crippen LogP) is 4.07. The number of hydrazine groups is 1. The first-order valence-electron chi connectivity index (χ1n) is 10.5. The van der Waals surface area contributed by atoms with E-state index < -0.39 is 0 Å². The third-order valence-electron chi connectivity index (χ3n) is 4.82. The molecule has 2 rings (SSSR count). The van der Waals surface area contributed by atoms with Crippen molar-refractivity contribution in [1.82, 2.24) is 21.1 Å². The second kappa shape index (κ2) is 13.1. The molecule has 0 heterocycles. The Balaban J connectivity index is 1.72. The molecule has 31 heavy (non-hydrogen) atoms. The Hall–Kier alpha value is -2.35. The van der Waals surface area contributed by atoms with Gasteiger partial charge in [0.2, 0.25) is 0 Å². The summed E-state index contributed by atoms with van der Waals surface area (Å²) in [5, 5.41) is 4.07. The Morgan fingerprint density at radius 3 is 2.48 bits per heavy atom. The number of benzene rings is 2. The second-order valence-corrected chi connectivity index (χ2v) is 7.95. The van der Waals surface area contributed by atoms with Crippen LogP contribution in [0.1, 0.15) is 41.8 Å². The van der Waals surface area contributed by atoms with E-state index in [1.807, 2.05) is 37.3 Å². The van der Waals surface area contributed by atoms with Crippen LogP contribution >= 0.6 is 23.8 Å². The highest BCUT2D eigenvalue weighted by Crippen LogP contribution is 2.26. The molecular weight excluding hydrogens is 432 g/mol. The summed E-state index contributed by atoms with van der Waals surface area (Å²) in [5.74, 6) is 0.382. The van der Waals surface area contributed by atoms with E-state index in [0.717, 1.165) is 43.7 Å². The number of thiocarbonyl (C=S) groups is 1. The molecule has 0 fully saturated rings. The number of rotatable bonds is 10. The smallest absolute Gasteiger partial charge is 0.269 e. The third kappa shape index (κ3) is 8.73. The molecule has 0 atom stereocenters. The van der Waals surface area contributed by atoms with Crippen LogP contribution in [-0.4, -0.2) is 42.1 Å².